The van der Waals surface area contributed by atoms with Crippen LogP contribution in [0.5, 0.6) is 11.5 Å². The van der Waals surface area contributed by atoms with Crippen LogP contribution in [-0.4, -0.2) is 37.5 Å². The fourth-order valence-electron chi connectivity index (χ4n) is 3.58. The number of likely N-dealkylation sites (tertiary alicyclic amines) is 1. The van der Waals surface area contributed by atoms with Gasteiger partial charge in [0, 0.05) is 37.2 Å². The Hall–Kier alpha value is -3.02. The standard InChI is InChI=1S/C22H26N2O4/c1-15(25)23-14-16-6-8-17(9-7-16)22(26)24-12-4-5-20(24)19-11-10-18(27-2)13-21(19)28-3/h6-11,13,20H,4-5,12,14H2,1-3H3,(H,23,25)/t20-/m0/s1. The number of carbonyl (C=O) groups is 2. The first-order chi connectivity index (χ1) is 13.5. The van der Waals surface area contributed by atoms with Crippen molar-refractivity contribution >= 4 is 11.8 Å². The second-order valence-corrected chi connectivity index (χ2v) is 6.87. The minimum atomic E-state index is -0.0755. The van der Waals surface area contributed by atoms with Gasteiger partial charge in [-0.05, 0) is 42.7 Å². The van der Waals surface area contributed by atoms with E-state index in [-0.39, 0.29) is 17.9 Å². The third-order valence-electron chi connectivity index (χ3n) is 5.06. The molecule has 1 aliphatic rings. The molecule has 0 spiro atoms. The van der Waals surface area contributed by atoms with Gasteiger partial charge in [0.2, 0.25) is 5.91 Å². The van der Waals surface area contributed by atoms with Gasteiger partial charge in [-0.2, -0.15) is 0 Å². The number of hydrogen-bond donors (Lipinski definition) is 1. The van der Waals surface area contributed by atoms with Gasteiger partial charge < -0.3 is 19.7 Å². The van der Waals surface area contributed by atoms with Crippen LogP contribution in [0.2, 0.25) is 0 Å². The predicted octanol–water partition coefficient (Wildman–Crippen LogP) is 3.32. The highest BCUT2D eigenvalue weighted by atomic mass is 16.5. The fraction of sp³-hybridized carbons (Fsp3) is 0.364. The van der Waals surface area contributed by atoms with E-state index >= 15 is 0 Å². The molecule has 28 heavy (non-hydrogen) atoms. The summed E-state index contributed by atoms with van der Waals surface area (Å²) >= 11 is 0. The normalized spacial score (nSPS) is 16.0. The van der Waals surface area contributed by atoms with Crippen molar-refractivity contribution in [2.45, 2.75) is 32.4 Å². The first kappa shape index (κ1) is 19.7. The summed E-state index contributed by atoms with van der Waals surface area (Å²) in [6, 6.07) is 13.1. The Morgan fingerprint density at radius 1 is 1.11 bits per heavy atom. The van der Waals surface area contributed by atoms with Crippen molar-refractivity contribution in [3.05, 3.63) is 59.2 Å². The molecule has 1 aliphatic heterocycles. The Labute approximate surface area is 165 Å². The molecule has 0 saturated carbocycles. The van der Waals surface area contributed by atoms with Crippen molar-refractivity contribution in [3.8, 4) is 11.5 Å². The summed E-state index contributed by atoms with van der Waals surface area (Å²) in [4.78, 5) is 26.1. The molecule has 1 N–H and O–H groups in total. The molecule has 6 heteroatoms. The molecule has 2 aromatic rings. The Morgan fingerprint density at radius 2 is 1.86 bits per heavy atom. The third-order valence-corrected chi connectivity index (χ3v) is 5.06. The van der Waals surface area contributed by atoms with E-state index in [1.54, 1.807) is 14.2 Å². The first-order valence-corrected chi connectivity index (χ1v) is 9.39. The molecular formula is C22H26N2O4. The lowest BCUT2D eigenvalue weighted by molar-refractivity contribution is -0.119. The summed E-state index contributed by atoms with van der Waals surface area (Å²) in [5.74, 6) is 1.39. The Morgan fingerprint density at radius 3 is 2.50 bits per heavy atom. The van der Waals surface area contributed by atoms with Crippen molar-refractivity contribution in [2.24, 2.45) is 0 Å². The zero-order valence-electron chi connectivity index (χ0n) is 16.5. The summed E-state index contributed by atoms with van der Waals surface area (Å²) in [6.45, 7) is 2.66. The van der Waals surface area contributed by atoms with Crippen LogP contribution >= 0.6 is 0 Å². The minimum Gasteiger partial charge on any atom is -0.497 e. The van der Waals surface area contributed by atoms with Crippen molar-refractivity contribution in [2.75, 3.05) is 20.8 Å². The lowest BCUT2D eigenvalue weighted by atomic mass is 10.0. The number of amides is 2. The van der Waals surface area contributed by atoms with Crippen molar-refractivity contribution < 1.29 is 19.1 Å². The molecule has 2 aromatic carbocycles. The molecule has 1 heterocycles. The summed E-state index contributed by atoms with van der Waals surface area (Å²) < 4.78 is 10.8. The molecule has 6 nitrogen and oxygen atoms in total. The van der Waals surface area contributed by atoms with Crippen LogP contribution in [0, 0.1) is 0 Å². The number of rotatable bonds is 6. The quantitative estimate of drug-likeness (QED) is 0.832. The second kappa shape index (κ2) is 8.78. The van der Waals surface area contributed by atoms with E-state index < -0.39 is 0 Å². The van der Waals surface area contributed by atoms with Gasteiger partial charge in [0.25, 0.3) is 5.91 Å². The zero-order valence-corrected chi connectivity index (χ0v) is 16.5. The average molecular weight is 382 g/mol. The summed E-state index contributed by atoms with van der Waals surface area (Å²) in [7, 11) is 3.25. The Kier molecular flexibility index (Phi) is 6.19. The van der Waals surface area contributed by atoms with Gasteiger partial charge in [-0.15, -0.1) is 0 Å². The molecule has 1 atom stereocenters. The fourth-order valence-corrected chi connectivity index (χ4v) is 3.58. The number of benzene rings is 2. The molecule has 0 bridgehead atoms. The van der Waals surface area contributed by atoms with Gasteiger partial charge >= 0.3 is 0 Å². The number of nitrogens with zero attached hydrogens (tertiary/aromatic N) is 1. The Balaban J connectivity index is 1.79. The van der Waals surface area contributed by atoms with Crippen LogP contribution in [0.15, 0.2) is 42.5 Å². The van der Waals surface area contributed by atoms with Crippen LogP contribution in [0.4, 0.5) is 0 Å². The maximum Gasteiger partial charge on any atom is 0.254 e. The van der Waals surface area contributed by atoms with E-state index in [0.717, 1.165) is 35.5 Å². The smallest absolute Gasteiger partial charge is 0.254 e. The van der Waals surface area contributed by atoms with Crippen molar-refractivity contribution in [1.29, 1.82) is 0 Å². The van der Waals surface area contributed by atoms with Crippen molar-refractivity contribution in [3.63, 3.8) is 0 Å². The zero-order chi connectivity index (χ0) is 20.1. The number of hydrogen-bond acceptors (Lipinski definition) is 4. The third kappa shape index (κ3) is 4.27. The number of nitrogens with one attached hydrogen (secondary N) is 1. The molecule has 2 amide bonds. The molecule has 3 rings (SSSR count). The molecule has 148 valence electrons. The molecule has 0 aliphatic carbocycles. The van der Waals surface area contributed by atoms with Crippen LogP contribution in [-0.2, 0) is 11.3 Å². The Bertz CT molecular complexity index is 848. The highest BCUT2D eigenvalue weighted by Crippen LogP contribution is 2.39. The largest absolute Gasteiger partial charge is 0.497 e. The molecule has 1 fully saturated rings. The summed E-state index contributed by atoms with van der Waals surface area (Å²) in [5.41, 5.74) is 2.60. The second-order valence-electron chi connectivity index (χ2n) is 6.87. The van der Waals surface area contributed by atoms with Crippen LogP contribution in [0.25, 0.3) is 0 Å². The van der Waals surface area contributed by atoms with E-state index in [9.17, 15) is 9.59 Å². The molecular weight excluding hydrogens is 356 g/mol. The van der Waals surface area contributed by atoms with Gasteiger partial charge in [-0.3, -0.25) is 9.59 Å². The predicted molar refractivity (Wildman–Crippen MR) is 107 cm³/mol. The maximum atomic E-state index is 13.1. The first-order valence-electron chi connectivity index (χ1n) is 9.39. The van der Waals surface area contributed by atoms with Crippen LogP contribution < -0.4 is 14.8 Å². The van der Waals surface area contributed by atoms with E-state index in [0.29, 0.717) is 18.7 Å². The number of methoxy groups -OCH3 is 2. The molecule has 0 radical (unpaired) electrons. The maximum absolute atomic E-state index is 13.1. The lowest BCUT2D eigenvalue weighted by Crippen LogP contribution is -2.30. The summed E-state index contributed by atoms with van der Waals surface area (Å²) in [6.07, 6.45) is 1.85. The van der Waals surface area contributed by atoms with E-state index in [1.807, 2.05) is 47.4 Å². The lowest BCUT2D eigenvalue weighted by Gasteiger charge is -2.26. The van der Waals surface area contributed by atoms with E-state index in [1.165, 1.54) is 6.92 Å². The van der Waals surface area contributed by atoms with Crippen molar-refractivity contribution in [1.82, 2.24) is 10.2 Å². The average Bonchev–Trinajstić information content (AvgIpc) is 3.21. The van der Waals surface area contributed by atoms with Crippen LogP contribution in [0.1, 0.15) is 47.3 Å². The number of carbonyl (C=O) groups excluding carboxylic acids is 2. The SMILES string of the molecule is COc1ccc([C@@H]2CCCN2C(=O)c2ccc(CNC(C)=O)cc2)c(OC)c1. The molecule has 0 aromatic heterocycles. The highest BCUT2D eigenvalue weighted by molar-refractivity contribution is 5.94. The topological polar surface area (TPSA) is 67.9 Å². The number of ether oxygens (including phenoxy) is 2. The van der Waals surface area contributed by atoms with Crippen LogP contribution in [0.3, 0.4) is 0 Å². The van der Waals surface area contributed by atoms with Gasteiger partial charge in [-0.25, -0.2) is 0 Å². The highest BCUT2D eigenvalue weighted by Gasteiger charge is 2.32. The summed E-state index contributed by atoms with van der Waals surface area (Å²) in [5, 5.41) is 2.76. The van der Waals surface area contributed by atoms with E-state index in [4.69, 9.17) is 9.47 Å². The van der Waals surface area contributed by atoms with Gasteiger partial charge in [0.1, 0.15) is 11.5 Å². The van der Waals surface area contributed by atoms with E-state index in [2.05, 4.69) is 5.32 Å². The van der Waals surface area contributed by atoms with Gasteiger partial charge in [0.15, 0.2) is 0 Å². The van der Waals surface area contributed by atoms with Gasteiger partial charge in [-0.1, -0.05) is 12.1 Å². The minimum absolute atomic E-state index is 0.00597. The molecule has 0 unspecified atom stereocenters. The molecule has 1 saturated heterocycles. The monoisotopic (exact) mass is 382 g/mol. The van der Waals surface area contributed by atoms with Gasteiger partial charge in [0.05, 0.1) is 20.3 Å².